The Bertz CT molecular complexity index is 1110. The van der Waals surface area contributed by atoms with Crippen LogP contribution in [0.25, 0.3) is 0 Å². The molecule has 2 aromatic rings. The van der Waals surface area contributed by atoms with Gasteiger partial charge in [0.1, 0.15) is 4.21 Å². The maximum atomic E-state index is 12.5. The van der Waals surface area contributed by atoms with E-state index in [2.05, 4.69) is 5.32 Å². The largest absolute Gasteiger partial charge is 0.356 e. The Hall–Kier alpha value is -1.72. The van der Waals surface area contributed by atoms with Crippen molar-refractivity contribution in [3.05, 3.63) is 58.3 Å². The first-order valence-electron chi connectivity index (χ1n) is 9.19. The van der Waals surface area contributed by atoms with E-state index in [0.29, 0.717) is 24.4 Å². The predicted molar refractivity (Wildman–Crippen MR) is 117 cm³/mol. The molecule has 7 nitrogen and oxygen atoms in total. The molecule has 1 aliphatic heterocycles. The van der Waals surface area contributed by atoms with Crippen molar-refractivity contribution in [1.29, 1.82) is 0 Å². The van der Waals surface area contributed by atoms with Crippen molar-refractivity contribution in [2.45, 2.75) is 21.9 Å². The molecule has 1 aliphatic rings. The van der Waals surface area contributed by atoms with Crippen LogP contribution in [0.4, 0.5) is 0 Å². The minimum Gasteiger partial charge on any atom is -0.356 e. The number of rotatable bonds is 8. The molecular formula is C19H21ClN2O5S3. The van der Waals surface area contributed by atoms with Crippen molar-refractivity contribution in [2.75, 3.05) is 19.6 Å². The highest BCUT2D eigenvalue weighted by atomic mass is 35.5. The smallest absolute Gasteiger partial charge is 0.252 e. The van der Waals surface area contributed by atoms with Gasteiger partial charge in [0.15, 0.2) is 9.84 Å². The van der Waals surface area contributed by atoms with Crippen LogP contribution >= 0.6 is 22.9 Å². The zero-order valence-corrected chi connectivity index (χ0v) is 19.1. The molecule has 0 radical (unpaired) electrons. The fourth-order valence-corrected chi connectivity index (χ4v) is 6.85. The van der Waals surface area contributed by atoms with E-state index in [4.69, 9.17) is 11.6 Å². The summed E-state index contributed by atoms with van der Waals surface area (Å²) in [6.45, 7) is 0.712. The lowest BCUT2D eigenvalue weighted by atomic mass is 10.1. The molecule has 1 fully saturated rings. The summed E-state index contributed by atoms with van der Waals surface area (Å²) >= 11 is 6.91. The number of nitrogens with one attached hydrogen (secondary N) is 1. The Morgan fingerprint density at radius 3 is 2.60 bits per heavy atom. The summed E-state index contributed by atoms with van der Waals surface area (Å²) in [5.74, 6) is -0.644. The lowest BCUT2D eigenvalue weighted by Gasteiger charge is -2.15. The molecule has 0 unspecified atom stereocenters. The predicted octanol–water partition coefficient (Wildman–Crippen LogP) is 2.91. The zero-order valence-electron chi connectivity index (χ0n) is 15.9. The van der Waals surface area contributed by atoms with Crippen molar-refractivity contribution < 1.29 is 21.6 Å². The molecule has 1 atom stereocenters. The summed E-state index contributed by atoms with van der Waals surface area (Å²) in [7, 11) is -7.11. The maximum Gasteiger partial charge on any atom is 0.252 e. The van der Waals surface area contributed by atoms with Gasteiger partial charge in [-0.15, -0.1) is 11.3 Å². The number of hydrogen-bond acceptors (Lipinski definition) is 6. The minimum atomic E-state index is -3.56. The molecule has 11 heteroatoms. The fourth-order valence-electron chi connectivity index (χ4n) is 3.02. The van der Waals surface area contributed by atoms with Gasteiger partial charge in [-0.3, -0.25) is 4.79 Å². The van der Waals surface area contributed by atoms with Crippen molar-refractivity contribution in [3.63, 3.8) is 0 Å². The number of carbonyl (C=O) groups excluding carboxylic acids is 1. The van der Waals surface area contributed by atoms with Gasteiger partial charge in [-0.25, -0.2) is 16.8 Å². The van der Waals surface area contributed by atoms with Crippen LogP contribution in [0.3, 0.4) is 0 Å². The van der Waals surface area contributed by atoms with Gasteiger partial charge in [-0.05, 0) is 48.6 Å². The average molecular weight is 489 g/mol. The number of carbonyl (C=O) groups is 1. The summed E-state index contributed by atoms with van der Waals surface area (Å²) in [5.41, 5.74) is 0. The molecule has 0 saturated carbocycles. The van der Waals surface area contributed by atoms with Crippen molar-refractivity contribution in [1.82, 2.24) is 9.62 Å². The molecule has 0 aliphatic carbocycles. The van der Waals surface area contributed by atoms with E-state index >= 15 is 0 Å². The first-order valence-corrected chi connectivity index (χ1v) is 13.4. The van der Waals surface area contributed by atoms with Crippen LogP contribution in [0, 0.1) is 5.92 Å². The Kier molecular flexibility index (Phi) is 7.35. The third-order valence-electron chi connectivity index (χ3n) is 4.64. The first kappa shape index (κ1) is 23.0. The summed E-state index contributed by atoms with van der Waals surface area (Å²) in [6, 6.07) is 9.11. The van der Waals surface area contributed by atoms with Crippen molar-refractivity contribution in [3.8, 4) is 0 Å². The van der Waals surface area contributed by atoms with Crippen LogP contribution in [-0.2, 0) is 24.7 Å². The van der Waals surface area contributed by atoms with Gasteiger partial charge < -0.3 is 5.32 Å². The first-order chi connectivity index (χ1) is 14.2. The molecule has 30 heavy (non-hydrogen) atoms. The van der Waals surface area contributed by atoms with E-state index in [0.717, 1.165) is 16.7 Å². The van der Waals surface area contributed by atoms with Crippen molar-refractivity contribution >= 4 is 48.7 Å². The number of sulfone groups is 1. The molecule has 1 aromatic heterocycles. The van der Waals surface area contributed by atoms with Crippen LogP contribution in [0.2, 0.25) is 5.02 Å². The van der Waals surface area contributed by atoms with E-state index in [1.165, 1.54) is 34.6 Å². The van der Waals surface area contributed by atoms with E-state index in [1.54, 1.807) is 17.5 Å². The van der Waals surface area contributed by atoms with E-state index in [9.17, 15) is 21.6 Å². The molecule has 0 spiro atoms. The average Bonchev–Trinajstić information content (AvgIpc) is 3.40. The van der Waals surface area contributed by atoms with E-state index < -0.39 is 25.8 Å². The molecule has 2 heterocycles. The van der Waals surface area contributed by atoms with Crippen LogP contribution in [0.5, 0.6) is 0 Å². The molecular weight excluding hydrogens is 468 g/mol. The van der Waals surface area contributed by atoms with Crippen LogP contribution in [0.1, 0.15) is 12.8 Å². The number of benzene rings is 1. The molecule has 1 saturated heterocycles. The SMILES string of the molecule is O=C(NCC/C=C/S(=O)(=O)c1ccc(Cl)cc1)[C@H]1CCN(S(=O)(=O)c2cccs2)C1. The van der Waals surface area contributed by atoms with E-state index in [1.807, 2.05) is 0 Å². The molecule has 1 amide bonds. The van der Waals surface area contributed by atoms with Crippen molar-refractivity contribution in [2.24, 2.45) is 5.92 Å². The highest BCUT2D eigenvalue weighted by Crippen LogP contribution is 2.27. The second-order valence-electron chi connectivity index (χ2n) is 6.73. The Balaban J connectivity index is 1.46. The summed E-state index contributed by atoms with van der Waals surface area (Å²) in [4.78, 5) is 12.5. The minimum absolute atomic E-state index is 0.144. The Morgan fingerprint density at radius 2 is 1.93 bits per heavy atom. The highest BCUT2D eigenvalue weighted by Gasteiger charge is 2.36. The lowest BCUT2D eigenvalue weighted by Crippen LogP contribution is -2.34. The monoisotopic (exact) mass is 488 g/mol. The van der Waals surface area contributed by atoms with Gasteiger partial charge in [0.25, 0.3) is 10.0 Å². The number of hydrogen-bond donors (Lipinski definition) is 1. The van der Waals surface area contributed by atoms with Gasteiger partial charge in [0, 0.05) is 30.1 Å². The second-order valence-corrected chi connectivity index (χ2v) is 12.1. The normalized spacial score (nSPS) is 18.1. The standard InChI is InChI=1S/C19H21ClN2O5S3/c20-16-5-7-17(8-6-16)29(24,25)13-2-1-10-21-19(23)15-9-11-22(14-15)30(26,27)18-4-3-12-28-18/h2-8,12-13,15H,1,9-11,14H2,(H,21,23)/b13-2+/t15-/m0/s1. The summed E-state index contributed by atoms with van der Waals surface area (Å²) < 4.78 is 51.1. The van der Waals surface area contributed by atoms with E-state index in [-0.39, 0.29) is 28.1 Å². The number of amides is 1. The fraction of sp³-hybridized carbons (Fsp3) is 0.316. The zero-order chi connectivity index (χ0) is 21.8. The number of sulfonamides is 1. The van der Waals surface area contributed by atoms with Gasteiger partial charge in [0.2, 0.25) is 5.91 Å². The van der Waals surface area contributed by atoms with Crippen LogP contribution in [-0.4, -0.2) is 46.7 Å². The topological polar surface area (TPSA) is 101 Å². The third kappa shape index (κ3) is 5.50. The molecule has 1 aromatic carbocycles. The van der Waals surface area contributed by atoms with Gasteiger partial charge in [-0.2, -0.15) is 4.31 Å². The number of thiophene rings is 1. The highest BCUT2D eigenvalue weighted by molar-refractivity contribution is 7.94. The molecule has 1 N–H and O–H groups in total. The molecule has 0 bridgehead atoms. The van der Waals surface area contributed by atoms with Crippen LogP contribution < -0.4 is 5.32 Å². The number of halogens is 1. The molecule has 3 rings (SSSR count). The van der Waals surface area contributed by atoms with Gasteiger partial charge in [-0.1, -0.05) is 23.7 Å². The van der Waals surface area contributed by atoms with Crippen LogP contribution in [0.15, 0.2) is 62.4 Å². The van der Waals surface area contributed by atoms with Gasteiger partial charge in [0.05, 0.1) is 10.8 Å². The lowest BCUT2D eigenvalue weighted by molar-refractivity contribution is -0.124. The molecule has 162 valence electrons. The number of nitrogens with zero attached hydrogens (tertiary/aromatic N) is 1. The third-order valence-corrected chi connectivity index (χ3v) is 9.61. The summed E-state index contributed by atoms with van der Waals surface area (Å²) in [5, 5.41) is 6.00. The quantitative estimate of drug-likeness (QED) is 0.576. The second kappa shape index (κ2) is 9.61. The Morgan fingerprint density at radius 1 is 1.20 bits per heavy atom. The maximum absolute atomic E-state index is 12.5. The van der Waals surface area contributed by atoms with Gasteiger partial charge >= 0.3 is 0 Å². The summed E-state index contributed by atoms with van der Waals surface area (Å²) in [6.07, 6.45) is 2.27. The Labute approximate surface area is 185 Å².